The fraction of sp³-hybridized carbons (Fsp3) is 0.375. The van der Waals surface area contributed by atoms with Gasteiger partial charge in [0.25, 0.3) is 0 Å². The lowest BCUT2D eigenvalue weighted by Crippen LogP contribution is -2.07. The molecule has 0 amide bonds. The van der Waals surface area contributed by atoms with Gasteiger partial charge >= 0.3 is 0 Å². The number of hydrogen-bond donors (Lipinski definition) is 2. The van der Waals surface area contributed by atoms with Crippen molar-refractivity contribution in [2.75, 3.05) is 5.73 Å². The second kappa shape index (κ2) is 2.33. The minimum absolute atomic E-state index is 0.0719. The number of anilines is 1. The average molecular weight is 167 g/mol. The lowest BCUT2D eigenvalue weighted by Gasteiger charge is -2.13. The zero-order valence-electron chi connectivity index (χ0n) is 6.76. The predicted molar refractivity (Wildman–Crippen MR) is 45.0 cm³/mol. The van der Waals surface area contributed by atoms with Gasteiger partial charge < -0.3 is 5.73 Å². The summed E-state index contributed by atoms with van der Waals surface area (Å²) in [5, 5.41) is 6.49. The molecule has 0 fully saturated rings. The van der Waals surface area contributed by atoms with E-state index in [1.807, 2.05) is 6.92 Å². The third-order valence-electron chi connectivity index (χ3n) is 2.19. The molecular formula is C8H10FN3. The molecule has 0 radical (unpaired) electrons. The molecule has 64 valence electrons. The molecule has 1 aliphatic carbocycles. The van der Waals surface area contributed by atoms with Gasteiger partial charge in [-0.25, -0.2) is 4.39 Å². The number of nitrogens with two attached hydrogens (primary N) is 1. The van der Waals surface area contributed by atoms with Gasteiger partial charge in [0.05, 0.1) is 5.69 Å². The molecule has 2 rings (SSSR count). The smallest absolute Gasteiger partial charge is 0.149 e. The predicted octanol–water partition coefficient (Wildman–Crippen LogP) is 1.49. The number of aromatic nitrogens is 2. The molecule has 4 heteroatoms. The highest BCUT2D eigenvalue weighted by Gasteiger charge is 2.21. The monoisotopic (exact) mass is 167 g/mol. The van der Waals surface area contributed by atoms with Crippen LogP contribution in [-0.2, 0) is 6.42 Å². The first-order valence-corrected chi connectivity index (χ1v) is 3.88. The van der Waals surface area contributed by atoms with Crippen molar-refractivity contribution < 1.29 is 4.39 Å². The van der Waals surface area contributed by atoms with E-state index >= 15 is 0 Å². The summed E-state index contributed by atoms with van der Waals surface area (Å²) < 4.78 is 13.0. The van der Waals surface area contributed by atoms with Gasteiger partial charge in [0.15, 0.2) is 0 Å². The van der Waals surface area contributed by atoms with E-state index < -0.39 is 0 Å². The van der Waals surface area contributed by atoms with E-state index in [2.05, 4.69) is 10.2 Å². The van der Waals surface area contributed by atoms with Crippen molar-refractivity contribution >= 4 is 11.9 Å². The molecule has 0 aliphatic heterocycles. The molecule has 0 aromatic carbocycles. The summed E-state index contributed by atoms with van der Waals surface area (Å²) in [6.45, 7) is 1.83. The van der Waals surface area contributed by atoms with Gasteiger partial charge in [-0.05, 0) is 12.5 Å². The first-order valence-electron chi connectivity index (χ1n) is 3.88. The summed E-state index contributed by atoms with van der Waals surface area (Å²) in [5.41, 5.74) is 7.22. The van der Waals surface area contributed by atoms with Crippen LogP contribution in [0.25, 0.3) is 6.08 Å². The van der Waals surface area contributed by atoms with Gasteiger partial charge in [0, 0.05) is 11.5 Å². The Labute approximate surface area is 69.5 Å². The van der Waals surface area contributed by atoms with Gasteiger partial charge in [-0.2, -0.15) is 5.10 Å². The van der Waals surface area contributed by atoms with Crippen molar-refractivity contribution in [2.24, 2.45) is 5.92 Å². The van der Waals surface area contributed by atoms with Crippen LogP contribution < -0.4 is 5.73 Å². The molecule has 3 nitrogen and oxygen atoms in total. The van der Waals surface area contributed by atoms with Crippen molar-refractivity contribution in [2.45, 2.75) is 13.3 Å². The summed E-state index contributed by atoms with van der Waals surface area (Å²) in [6, 6.07) is 0. The van der Waals surface area contributed by atoms with E-state index in [-0.39, 0.29) is 11.7 Å². The van der Waals surface area contributed by atoms with Crippen molar-refractivity contribution in [3.8, 4) is 0 Å². The topological polar surface area (TPSA) is 54.7 Å². The first kappa shape index (κ1) is 7.34. The van der Waals surface area contributed by atoms with Crippen LogP contribution in [0, 0.1) is 5.92 Å². The average Bonchev–Trinajstić information content (AvgIpc) is 2.35. The third kappa shape index (κ3) is 0.913. The summed E-state index contributed by atoms with van der Waals surface area (Å²) >= 11 is 0. The first-order chi connectivity index (χ1) is 5.68. The largest absolute Gasteiger partial charge is 0.382 e. The van der Waals surface area contributed by atoms with Crippen LogP contribution in [0.4, 0.5) is 10.2 Å². The maximum absolute atomic E-state index is 13.0. The lowest BCUT2D eigenvalue weighted by molar-refractivity contribution is 0.491. The molecule has 0 bridgehead atoms. The minimum atomic E-state index is -0.105. The number of aromatic amines is 1. The lowest BCUT2D eigenvalue weighted by atomic mass is 9.94. The molecule has 1 aliphatic rings. The van der Waals surface area contributed by atoms with Crippen molar-refractivity contribution in [3.63, 3.8) is 0 Å². The Bertz CT molecular complexity index is 340. The molecular weight excluding hydrogens is 157 g/mol. The number of hydrogen-bond acceptors (Lipinski definition) is 2. The Balaban J connectivity index is 2.51. The Morgan fingerprint density at radius 3 is 3.25 bits per heavy atom. The van der Waals surface area contributed by atoms with Crippen LogP contribution >= 0.6 is 0 Å². The highest BCUT2D eigenvalue weighted by molar-refractivity contribution is 5.61. The molecule has 3 N–H and O–H groups in total. The Morgan fingerprint density at radius 2 is 2.50 bits per heavy atom. The van der Waals surface area contributed by atoms with Gasteiger partial charge in [0.1, 0.15) is 11.6 Å². The van der Waals surface area contributed by atoms with E-state index in [9.17, 15) is 4.39 Å². The zero-order valence-corrected chi connectivity index (χ0v) is 6.76. The van der Waals surface area contributed by atoms with Gasteiger partial charge in [-0.15, -0.1) is 0 Å². The van der Waals surface area contributed by atoms with E-state index in [4.69, 9.17) is 5.73 Å². The van der Waals surface area contributed by atoms with Crippen LogP contribution in [0.15, 0.2) is 5.83 Å². The number of nitrogen functional groups attached to an aromatic ring is 1. The number of nitrogens with zero attached hydrogens (tertiary/aromatic N) is 1. The Morgan fingerprint density at radius 1 is 1.75 bits per heavy atom. The quantitative estimate of drug-likeness (QED) is 0.615. The normalized spacial score (nSPS) is 21.8. The van der Waals surface area contributed by atoms with Crippen LogP contribution in [0.3, 0.4) is 0 Å². The highest BCUT2D eigenvalue weighted by Crippen LogP contribution is 2.30. The van der Waals surface area contributed by atoms with E-state index in [0.29, 0.717) is 17.9 Å². The molecule has 0 saturated heterocycles. The maximum Gasteiger partial charge on any atom is 0.149 e. The highest BCUT2D eigenvalue weighted by atomic mass is 19.1. The third-order valence-corrected chi connectivity index (χ3v) is 2.19. The van der Waals surface area contributed by atoms with Crippen molar-refractivity contribution in [1.82, 2.24) is 10.2 Å². The number of rotatable bonds is 0. The Hall–Kier alpha value is -1.32. The maximum atomic E-state index is 13.0. The molecule has 12 heavy (non-hydrogen) atoms. The van der Waals surface area contributed by atoms with E-state index in [1.165, 1.54) is 6.08 Å². The fourth-order valence-corrected chi connectivity index (χ4v) is 1.41. The summed E-state index contributed by atoms with van der Waals surface area (Å²) in [6.07, 6.45) is 2.10. The van der Waals surface area contributed by atoms with E-state index in [1.54, 1.807) is 0 Å². The summed E-state index contributed by atoms with van der Waals surface area (Å²) in [7, 11) is 0. The van der Waals surface area contributed by atoms with Crippen LogP contribution in [0.2, 0.25) is 0 Å². The van der Waals surface area contributed by atoms with Crippen LogP contribution in [-0.4, -0.2) is 10.2 Å². The minimum Gasteiger partial charge on any atom is -0.382 e. The molecule has 1 unspecified atom stereocenters. The summed E-state index contributed by atoms with van der Waals surface area (Å²) in [5.74, 6) is 0.309. The summed E-state index contributed by atoms with van der Waals surface area (Å²) in [4.78, 5) is 0. The van der Waals surface area contributed by atoms with Crippen LogP contribution in [0.5, 0.6) is 0 Å². The van der Waals surface area contributed by atoms with Gasteiger partial charge in [0.2, 0.25) is 0 Å². The van der Waals surface area contributed by atoms with E-state index in [0.717, 1.165) is 5.56 Å². The number of allylic oxidation sites excluding steroid dienone is 1. The second-order valence-electron chi connectivity index (χ2n) is 3.14. The van der Waals surface area contributed by atoms with Gasteiger partial charge in [-0.3, -0.25) is 5.10 Å². The molecule has 1 aromatic heterocycles. The fourth-order valence-electron chi connectivity index (χ4n) is 1.41. The SMILES string of the molecule is CC1Cc2c(N)n[nH]c2C=C1F. The molecule has 1 atom stereocenters. The van der Waals surface area contributed by atoms with Gasteiger partial charge in [-0.1, -0.05) is 6.92 Å². The number of nitrogens with one attached hydrogen (secondary N) is 1. The molecule has 0 spiro atoms. The number of halogens is 1. The molecule has 0 saturated carbocycles. The number of H-pyrrole nitrogens is 1. The van der Waals surface area contributed by atoms with Crippen molar-refractivity contribution in [3.05, 3.63) is 17.1 Å². The molecule has 1 aromatic rings. The number of fused-ring (bicyclic) bond motifs is 1. The molecule has 1 heterocycles. The zero-order chi connectivity index (χ0) is 8.72. The van der Waals surface area contributed by atoms with Crippen molar-refractivity contribution in [1.29, 1.82) is 0 Å². The second-order valence-corrected chi connectivity index (χ2v) is 3.14. The van der Waals surface area contributed by atoms with Crippen LogP contribution in [0.1, 0.15) is 18.2 Å². The Kier molecular flexibility index (Phi) is 1.43. The standard InChI is InChI=1S/C8H10FN3/c1-4-2-5-7(3-6(4)9)11-12-8(5)10/h3-4H,2H2,1H3,(H3,10,11,12).